The summed E-state index contributed by atoms with van der Waals surface area (Å²) in [5, 5.41) is 7.04. The monoisotopic (exact) mass is 411 g/mol. The molecule has 0 spiro atoms. The molecule has 2 amide bonds. The van der Waals surface area contributed by atoms with Gasteiger partial charge >= 0.3 is 0 Å². The maximum absolute atomic E-state index is 12.9. The number of nitrogens with one attached hydrogen (secondary N) is 1. The van der Waals surface area contributed by atoms with Gasteiger partial charge in [0.15, 0.2) is 5.13 Å². The fourth-order valence-corrected chi connectivity index (χ4v) is 4.29. The van der Waals surface area contributed by atoms with Gasteiger partial charge in [0.25, 0.3) is 5.91 Å². The van der Waals surface area contributed by atoms with Crippen LogP contribution in [0.25, 0.3) is 0 Å². The zero-order valence-corrected chi connectivity index (χ0v) is 17.2. The lowest BCUT2D eigenvalue weighted by Gasteiger charge is -2.22. The summed E-state index contributed by atoms with van der Waals surface area (Å²) in [5.41, 5.74) is 3.06. The van der Waals surface area contributed by atoms with Crippen molar-refractivity contribution in [2.45, 2.75) is 38.8 Å². The maximum atomic E-state index is 12.9. The normalized spacial score (nSPS) is 13.3. The molecule has 28 heavy (non-hydrogen) atoms. The molecule has 0 aliphatic heterocycles. The molecule has 0 unspecified atom stereocenters. The van der Waals surface area contributed by atoms with Crippen molar-refractivity contribution in [1.29, 1.82) is 0 Å². The topological polar surface area (TPSA) is 62.3 Å². The van der Waals surface area contributed by atoms with E-state index in [-0.39, 0.29) is 18.2 Å². The van der Waals surface area contributed by atoms with E-state index in [1.54, 1.807) is 6.07 Å². The Bertz CT molecular complexity index is 960. The van der Waals surface area contributed by atoms with E-state index < -0.39 is 0 Å². The second kappa shape index (κ2) is 8.24. The molecule has 1 aliphatic carbocycles. The smallest absolute Gasteiger partial charge is 0.267 e. The lowest BCUT2D eigenvalue weighted by molar-refractivity contribution is -0.131. The first-order chi connectivity index (χ1) is 13.6. The number of anilines is 1. The van der Waals surface area contributed by atoms with Crippen molar-refractivity contribution in [1.82, 2.24) is 9.88 Å². The Morgan fingerprint density at radius 1 is 1.18 bits per heavy atom. The standard InChI is InChI=1S/C21H21N3O2S2/c1-14-4-6-15(7-5-14)12-24(17-8-9-17)19(25)11-16-13-28-21(22-16)23-20(26)18-3-2-10-27-18/h2-7,10,13,17H,8-9,11-12H2,1H3,(H,22,23,26). The molecule has 0 atom stereocenters. The summed E-state index contributed by atoms with van der Waals surface area (Å²) in [6, 6.07) is 12.3. The van der Waals surface area contributed by atoms with Crippen molar-refractivity contribution >= 4 is 39.6 Å². The summed E-state index contributed by atoms with van der Waals surface area (Å²) in [5.74, 6) is -0.0780. The summed E-state index contributed by atoms with van der Waals surface area (Å²) >= 11 is 2.74. The number of carbonyl (C=O) groups excluding carboxylic acids is 2. The molecule has 4 rings (SSSR count). The third kappa shape index (κ3) is 4.66. The van der Waals surface area contributed by atoms with E-state index >= 15 is 0 Å². The third-order valence-corrected chi connectivity index (χ3v) is 6.31. The van der Waals surface area contributed by atoms with Gasteiger partial charge in [-0.2, -0.15) is 0 Å². The van der Waals surface area contributed by atoms with Gasteiger partial charge in [0.2, 0.25) is 5.91 Å². The van der Waals surface area contributed by atoms with E-state index in [9.17, 15) is 9.59 Å². The zero-order valence-electron chi connectivity index (χ0n) is 15.6. The van der Waals surface area contributed by atoms with E-state index in [1.165, 1.54) is 28.2 Å². The zero-order chi connectivity index (χ0) is 19.5. The number of aromatic nitrogens is 1. The number of amides is 2. The Hall–Kier alpha value is -2.51. The van der Waals surface area contributed by atoms with Gasteiger partial charge in [0.05, 0.1) is 17.0 Å². The number of aryl methyl sites for hydroxylation is 1. The van der Waals surface area contributed by atoms with Gasteiger partial charge in [-0.1, -0.05) is 35.9 Å². The number of thiophene rings is 1. The molecule has 5 nitrogen and oxygen atoms in total. The summed E-state index contributed by atoms with van der Waals surface area (Å²) in [7, 11) is 0. The minimum Gasteiger partial charge on any atom is -0.335 e. The number of hydrogen-bond donors (Lipinski definition) is 1. The van der Waals surface area contributed by atoms with E-state index in [1.807, 2.05) is 21.7 Å². The van der Waals surface area contributed by atoms with Crippen LogP contribution in [-0.2, 0) is 17.8 Å². The minimum atomic E-state index is -0.166. The molecular formula is C21H21N3O2S2. The highest BCUT2D eigenvalue weighted by Crippen LogP contribution is 2.29. The van der Waals surface area contributed by atoms with Crippen LogP contribution in [0.1, 0.15) is 39.3 Å². The van der Waals surface area contributed by atoms with Crippen LogP contribution >= 0.6 is 22.7 Å². The SMILES string of the molecule is Cc1ccc(CN(C(=O)Cc2csc(NC(=O)c3cccs3)n2)C2CC2)cc1. The van der Waals surface area contributed by atoms with Gasteiger partial charge in [-0.05, 0) is 36.8 Å². The molecular weight excluding hydrogens is 390 g/mol. The summed E-state index contributed by atoms with van der Waals surface area (Å²) in [6.45, 7) is 2.69. The molecule has 2 heterocycles. The number of benzene rings is 1. The average molecular weight is 412 g/mol. The number of thiazole rings is 1. The summed E-state index contributed by atoms with van der Waals surface area (Å²) < 4.78 is 0. The van der Waals surface area contributed by atoms with Crippen LogP contribution in [0.3, 0.4) is 0 Å². The Morgan fingerprint density at radius 3 is 2.64 bits per heavy atom. The largest absolute Gasteiger partial charge is 0.335 e. The second-order valence-electron chi connectivity index (χ2n) is 6.99. The first kappa shape index (κ1) is 18.8. The van der Waals surface area contributed by atoms with Gasteiger partial charge in [-0.25, -0.2) is 4.98 Å². The van der Waals surface area contributed by atoms with Crippen molar-refractivity contribution in [2.75, 3.05) is 5.32 Å². The van der Waals surface area contributed by atoms with E-state index in [0.29, 0.717) is 28.3 Å². The molecule has 1 fully saturated rings. The molecule has 1 aliphatic rings. The highest BCUT2D eigenvalue weighted by molar-refractivity contribution is 7.14. The number of rotatable bonds is 7. The maximum Gasteiger partial charge on any atom is 0.267 e. The van der Waals surface area contributed by atoms with E-state index in [0.717, 1.165) is 18.4 Å². The van der Waals surface area contributed by atoms with Crippen LogP contribution in [0.5, 0.6) is 0 Å². The van der Waals surface area contributed by atoms with E-state index in [2.05, 4.69) is 41.5 Å². The molecule has 0 saturated heterocycles. The van der Waals surface area contributed by atoms with Crippen molar-refractivity contribution in [3.05, 3.63) is 68.9 Å². The summed E-state index contributed by atoms with van der Waals surface area (Å²) in [6.07, 6.45) is 2.39. The molecule has 2 aromatic heterocycles. The lowest BCUT2D eigenvalue weighted by atomic mass is 10.1. The quantitative estimate of drug-likeness (QED) is 0.623. The first-order valence-electron chi connectivity index (χ1n) is 9.23. The van der Waals surface area contributed by atoms with Crippen LogP contribution in [0.15, 0.2) is 47.2 Å². The van der Waals surface area contributed by atoms with Crippen LogP contribution in [0.4, 0.5) is 5.13 Å². The molecule has 7 heteroatoms. The van der Waals surface area contributed by atoms with Crippen molar-refractivity contribution < 1.29 is 9.59 Å². The molecule has 1 N–H and O–H groups in total. The summed E-state index contributed by atoms with van der Waals surface area (Å²) in [4.78, 5) is 32.1. The Morgan fingerprint density at radius 2 is 1.96 bits per heavy atom. The minimum absolute atomic E-state index is 0.0875. The number of carbonyl (C=O) groups is 2. The van der Waals surface area contributed by atoms with Gasteiger partial charge in [0.1, 0.15) is 0 Å². The van der Waals surface area contributed by atoms with Gasteiger partial charge in [-0.3, -0.25) is 14.9 Å². The third-order valence-electron chi connectivity index (χ3n) is 4.63. The van der Waals surface area contributed by atoms with Crippen molar-refractivity contribution in [3.8, 4) is 0 Å². The van der Waals surface area contributed by atoms with Gasteiger partial charge in [0, 0.05) is 18.0 Å². The van der Waals surface area contributed by atoms with Gasteiger partial charge in [-0.15, -0.1) is 22.7 Å². The Labute approximate surface area is 172 Å². The number of hydrogen-bond acceptors (Lipinski definition) is 5. The first-order valence-corrected chi connectivity index (χ1v) is 11.0. The predicted molar refractivity (Wildman–Crippen MR) is 113 cm³/mol. The molecule has 144 valence electrons. The molecule has 1 aromatic carbocycles. The lowest BCUT2D eigenvalue weighted by Crippen LogP contribution is -2.33. The fraction of sp³-hybridized carbons (Fsp3) is 0.286. The highest BCUT2D eigenvalue weighted by atomic mass is 32.1. The van der Waals surface area contributed by atoms with Crippen LogP contribution in [0, 0.1) is 6.92 Å². The van der Waals surface area contributed by atoms with Crippen molar-refractivity contribution in [3.63, 3.8) is 0 Å². The average Bonchev–Trinajstić information content (AvgIpc) is 3.17. The van der Waals surface area contributed by atoms with Crippen LogP contribution in [-0.4, -0.2) is 27.7 Å². The Kier molecular flexibility index (Phi) is 5.54. The van der Waals surface area contributed by atoms with Crippen molar-refractivity contribution in [2.24, 2.45) is 0 Å². The number of nitrogens with zero attached hydrogens (tertiary/aromatic N) is 2. The van der Waals surface area contributed by atoms with Gasteiger partial charge < -0.3 is 4.90 Å². The molecule has 3 aromatic rings. The van der Waals surface area contributed by atoms with E-state index in [4.69, 9.17) is 0 Å². The second-order valence-corrected chi connectivity index (χ2v) is 8.80. The molecule has 1 saturated carbocycles. The van der Waals surface area contributed by atoms with Crippen LogP contribution < -0.4 is 5.32 Å². The molecule has 0 radical (unpaired) electrons. The predicted octanol–water partition coefficient (Wildman–Crippen LogP) is 4.50. The van der Waals surface area contributed by atoms with Crippen LogP contribution in [0.2, 0.25) is 0 Å². The molecule has 0 bridgehead atoms. The Balaban J connectivity index is 1.38. The highest BCUT2D eigenvalue weighted by Gasteiger charge is 2.32. The fourth-order valence-electron chi connectivity index (χ4n) is 2.97.